The molecule has 0 atom stereocenters. The van der Waals surface area contributed by atoms with E-state index in [1.54, 1.807) is 18.2 Å². The molecular formula is C14H19Cl2NO3. The maximum atomic E-state index is 11.7. The summed E-state index contributed by atoms with van der Waals surface area (Å²) in [6.07, 6.45) is 0.619. The molecular weight excluding hydrogens is 301 g/mol. The first-order valence-electron chi connectivity index (χ1n) is 6.29. The molecule has 1 aromatic carbocycles. The van der Waals surface area contributed by atoms with Gasteiger partial charge in [0, 0.05) is 24.2 Å². The highest BCUT2D eigenvalue weighted by Gasteiger charge is 2.18. The number of ether oxygens (including phenoxy) is 1. The Balaban J connectivity index is 2.42. The van der Waals surface area contributed by atoms with Crippen LogP contribution in [0.15, 0.2) is 18.2 Å². The summed E-state index contributed by atoms with van der Waals surface area (Å²) in [5, 5.41) is 12.6. The van der Waals surface area contributed by atoms with Gasteiger partial charge in [-0.3, -0.25) is 4.79 Å². The summed E-state index contributed by atoms with van der Waals surface area (Å²) in [6.45, 7) is 4.38. The fourth-order valence-electron chi connectivity index (χ4n) is 1.51. The number of aliphatic hydroxyl groups excluding tert-OH is 1. The number of aliphatic hydroxyl groups is 1. The average Bonchev–Trinajstić information content (AvgIpc) is 2.37. The molecule has 112 valence electrons. The first-order valence-corrected chi connectivity index (χ1v) is 7.05. The highest BCUT2D eigenvalue weighted by atomic mass is 35.5. The fraction of sp³-hybridized carbons (Fsp3) is 0.500. The van der Waals surface area contributed by atoms with Crippen molar-refractivity contribution in [3.63, 3.8) is 0 Å². The minimum absolute atomic E-state index is 0.0947. The van der Waals surface area contributed by atoms with E-state index < -0.39 is 0 Å². The van der Waals surface area contributed by atoms with Crippen molar-refractivity contribution in [1.29, 1.82) is 0 Å². The van der Waals surface area contributed by atoms with E-state index in [1.807, 2.05) is 13.8 Å². The summed E-state index contributed by atoms with van der Waals surface area (Å²) < 4.78 is 5.33. The van der Waals surface area contributed by atoms with E-state index in [9.17, 15) is 4.79 Å². The number of halogens is 2. The lowest BCUT2D eigenvalue weighted by molar-refractivity contribution is -0.123. The van der Waals surface area contributed by atoms with Crippen molar-refractivity contribution in [3.8, 4) is 5.75 Å². The van der Waals surface area contributed by atoms with Crippen LogP contribution in [0.3, 0.4) is 0 Å². The minimum atomic E-state index is -0.243. The Labute approximate surface area is 129 Å². The van der Waals surface area contributed by atoms with Crippen LogP contribution in [0.5, 0.6) is 5.75 Å². The molecule has 0 aromatic heterocycles. The van der Waals surface area contributed by atoms with Gasteiger partial charge >= 0.3 is 0 Å². The van der Waals surface area contributed by atoms with E-state index in [4.69, 9.17) is 33.0 Å². The van der Waals surface area contributed by atoms with Crippen molar-refractivity contribution < 1.29 is 14.6 Å². The number of benzene rings is 1. The SMILES string of the molecule is CC(C)(CCO)CNC(=O)COc1cc(Cl)ccc1Cl. The molecule has 0 aliphatic heterocycles. The van der Waals surface area contributed by atoms with Crippen LogP contribution in [0.1, 0.15) is 20.3 Å². The van der Waals surface area contributed by atoms with E-state index >= 15 is 0 Å². The molecule has 0 aliphatic rings. The number of carbonyl (C=O) groups excluding carboxylic acids is 1. The molecule has 0 fully saturated rings. The summed E-state index contributed by atoms with van der Waals surface area (Å²) in [5.74, 6) is 0.135. The summed E-state index contributed by atoms with van der Waals surface area (Å²) in [7, 11) is 0. The lowest BCUT2D eigenvalue weighted by Gasteiger charge is -2.23. The zero-order valence-corrected chi connectivity index (χ0v) is 13.1. The Bertz CT molecular complexity index is 464. The Morgan fingerprint density at radius 3 is 2.75 bits per heavy atom. The predicted octanol–water partition coefficient (Wildman–Crippen LogP) is 2.90. The molecule has 1 aromatic rings. The zero-order chi connectivity index (χ0) is 15.2. The molecule has 0 spiro atoms. The first-order chi connectivity index (χ1) is 9.34. The molecule has 4 nitrogen and oxygen atoms in total. The smallest absolute Gasteiger partial charge is 0.257 e. The lowest BCUT2D eigenvalue weighted by atomic mass is 9.90. The van der Waals surface area contributed by atoms with Crippen LogP contribution >= 0.6 is 23.2 Å². The molecule has 1 amide bonds. The molecule has 0 radical (unpaired) electrons. The third-order valence-corrected chi connectivity index (χ3v) is 3.35. The highest BCUT2D eigenvalue weighted by Crippen LogP contribution is 2.27. The van der Waals surface area contributed by atoms with Crippen LogP contribution in [0.25, 0.3) is 0 Å². The monoisotopic (exact) mass is 319 g/mol. The third-order valence-electron chi connectivity index (χ3n) is 2.80. The number of hydrogen-bond donors (Lipinski definition) is 2. The van der Waals surface area contributed by atoms with Crippen molar-refractivity contribution >= 4 is 29.1 Å². The first kappa shape index (κ1) is 17.1. The van der Waals surface area contributed by atoms with Crippen LogP contribution < -0.4 is 10.1 Å². The van der Waals surface area contributed by atoms with Gasteiger partial charge in [-0.2, -0.15) is 0 Å². The van der Waals surface area contributed by atoms with Gasteiger partial charge in [-0.25, -0.2) is 0 Å². The molecule has 0 saturated heterocycles. The van der Waals surface area contributed by atoms with Crippen molar-refractivity contribution in [2.45, 2.75) is 20.3 Å². The fourth-order valence-corrected chi connectivity index (χ4v) is 1.85. The molecule has 20 heavy (non-hydrogen) atoms. The van der Waals surface area contributed by atoms with Crippen LogP contribution in [-0.2, 0) is 4.79 Å². The standard InChI is InChI=1S/C14H19Cl2NO3/c1-14(2,5-6-18)9-17-13(19)8-20-12-7-10(15)3-4-11(12)16/h3-4,7,18H,5-6,8-9H2,1-2H3,(H,17,19). The second-order valence-electron chi connectivity index (χ2n) is 5.28. The molecule has 0 saturated carbocycles. The average molecular weight is 320 g/mol. The topological polar surface area (TPSA) is 58.6 Å². The summed E-state index contributed by atoms with van der Waals surface area (Å²) in [5.41, 5.74) is -0.155. The van der Waals surface area contributed by atoms with Gasteiger partial charge in [-0.1, -0.05) is 37.0 Å². The van der Waals surface area contributed by atoms with Crippen molar-refractivity contribution in [2.75, 3.05) is 19.8 Å². The summed E-state index contributed by atoms with van der Waals surface area (Å²) in [6, 6.07) is 4.82. The Kier molecular flexibility index (Phi) is 6.59. The van der Waals surface area contributed by atoms with E-state index in [-0.39, 0.29) is 24.5 Å². The van der Waals surface area contributed by atoms with Gasteiger partial charge in [0.1, 0.15) is 5.75 Å². The Hall–Kier alpha value is -0.970. The largest absolute Gasteiger partial charge is 0.482 e. The molecule has 0 bridgehead atoms. The number of amides is 1. The number of hydrogen-bond acceptors (Lipinski definition) is 3. The van der Waals surface area contributed by atoms with Gasteiger partial charge in [-0.05, 0) is 24.0 Å². The predicted molar refractivity (Wildman–Crippen MR) is 80.5 cm³/mol. The molecule has 0 unspecified atom stereocenters. The van der Waals surface area contributed by atoms with E-state index in [2.05, 4.69) is 5.32 Å². The Morgan fingerprint density at radius 1 is 1.40 bits per heavy atom. The van der Waals surface area contributed by atoms with Crippen LogP contribution in [-0.4, -0.2) is 30.8 Å². The maximum Gasteiger partial charge on any atom is 0.257 e. The second-order valence-corrected chi connectivity index (χ2v) is 6.12. The third kappa shape index (κ3) is 5.99. The quantitative estimate of drug-likeness (QED) is 0.812. The van der Waals surface area contributed by atoms with E-state index in [0.717, 1.165) is 0 Å². The highest BCUT2D eigenvalue weighted by molar-refractivity contribution is 6.34. The number of carbonyl (C=O) groups is 1. The van der Waals surface area contributed by atoms with Crippen LogP contribution in [0.4, 0.5) is 0 Å². The zero-order valence-electron chi connectivity index (χ0n) is 11.6. The van der Waals surface area contributed by atoms with Gasteiger partial charge in [0.2, 0.25) is 0 Å². The van der Waals surface area contributed by atoms with E-state index in [1.165, 1.54) is 0 Å². The van der Waals surface area contributed by atoms with Gasteiger partial charge in [0.05, 0.1) is 5.02 Å². The van der Waals surface area contributed by atoms with Gasteiger partial charge in [0.15, 0.2) is 6.61 Å². The van der Waals surface area contributed by atoms with Crippen molar-refractivity contribution in [3.05, 3.63) is 28.2 Å². The lowest BCUT2D eigenvalue weighted by Crippen LogP contribution is -2.37. The van der Waals surface area contributed by atoms with E-state index in [0.29, 0.717) is 28.8 Å². The van der Waals surface area contributed by atoms with Gasteiger partial charge in [0.25, 0.3) is 5.91 Å². The van der Waals surface area contributed by atoms with Crippen molar-refractivity contribution in [1.82, 2.24) is 5.32 Å². The van der Waals surface area contributed by atoms with Crippen molar-refractivity contribution in [2.24, 2.45) is 5.41 Å². The van der Waals surface area contributed by atoms with Crippen LogP contribution in [0.2, 0.25) is 10.0 Å². The minimum Gasteiger partial charge on any atom is -0.482 e. The molecule has 0 heterocycles. The number of nitrogens with one attached hydrogen (secondary N) is 1. The molecule has 1 rings (SSSR count). The Morgan fingerprint density at radius 2 is 2.10 bits per heavy atom. The molecule has 0 aliphatic carbocycles. The maximum absolute atomic E-state index is 11.7. The normalized spacial score (nSPS) is 11.2. The summed E-state index contributed by atoms with van der Waals surface area (Å²) >= 11 is 11.8. The number of rotatable bonds is 7. The van der Waals surface area contributed by atoms with Crippen LogP contribution in [0, 0.1) is 5.41 Å². The second kappa shape index (κ2) is 7.72. The molecule has 6 heteroatoms. The van der Waals surface area contributed by atoms with Gasteiger partial charge < -0.3 is 15.2 Å². The molecule has 2 N–H and O–H groups in total. The summed E-state index contributed by atoms with van der Waals surface area (Å²) in [4.78, 5) is 11.7. The van der Waals surface area contributed by atoms with Gasteiger partial charge in [-0.15, -0.1) is 0 Å².